The van der Waals surface area contributed by atoms with Crippen LogP contribution in [-0.2, 0) is 6.42 Å². The molecule has 1 nitrogen and oxygen atoms in total. The van der Waals surface area contributed by atoms with E-state index in [0.29, 0.717) is 5.92 Å². The number of rotatable bonds is 5. The molecule has 0 saturated carbocycles. The van der Waals surface area contributed by atoms with Crippen molar-refractivity contribution in [2.24, 2.45) is 0 Å². The van der Waals surface area contributed by atoms with Gasteiger partial charge in [-0.05, 0) is 42.6 Å². The quantitative estimate of drug-likeness (QED) is 0.826. The van der Waals surface area contributed by atoms with Crippen LogP contribution in [0.5, 0.6) is 0 Å². The van der Waals surface area contributed by atoms with Crippen LogP contribution in [0.4, 0.5) is 0 Å². The Bertz CT molecular complexity index is 534. The minimum atomic E-state index is 0.287. The van der Waals surface area contributed by atoms with Gasteiger partial charge in [0.15, 0.2) is 0 Å². The zero-order chi connectivity index (χ0) is 14.5. The molecule has 2 aromatic rings. The Morgan fingerprint density at radius 2 is 1.55 bits per heavy atom. The lowest BCUT2D eigenvalue weighted by molar-refractivity contribution is 0.483. The van der Waals surface area contributed by atoms with Gasteiger partial charge in [0.1, 0.15) is 0 Å². The van der Waals surface area contributed by atoms with Gasteiger partial charge in [0.05, 0.1) is 0 Å². The third kappa shape index (κ3) is 3.54. The Kier molecular flexibility index (Phi) is 5.47. The van der Waals surface area contributed by atoms with Crippen molar-refractivity contribution < 1.29 is 0 Å². The van der Waals surface area contributed by atoms with Crippen molar-refractivity contribution in [1.82, 2.24) is 5.32 Å². The van der Waals surface area contributed by atoms with Crippen molar-refractivity contribution in [3.05, 3.63) is 69.7 Å². The molecule has 0 fully saturated rings. The van der Waals surface area contributed by atoms with Crippen LogP contribution in [0.3, 0.4) is 0 Å². The molecular weight excluding hydrogens is 289 g/mol. The van der Waals surface area contributed by atoms with E-state index in [1.807, 2.05) is 31.3 Å². The monoisotopic (exact) mass is 307 g/mol. The second kappa shape index (κ2) is 7.12. The van der Waals surface area contributed by atoms with Crippen LogP contribution in [0.25, 0.3) is 0 Å². The van der Waals surface area contributed by atoms with Crippen LogP contribution in [-0.4, -0.2) is 13.1 Å². The third-order valence-corrected chi connectivity index (χ3v) is 4.49. The van der Waals surface area contributed by atoms with Gasteiger partial charge in [-0.1, -0.05) is 66.5 Å². The molecule has 2 unspecified atom stereocenters. The smallest absolute Gasteiger partial charge is 0.0453 e. The normalized spacial score (nSPS) is 14.0. The highest BCUT2D eigenvalue weighted by Crippen LogP contribution is 2.29. The molecule has 2 rings (SSSR count). The van der Waals surface area contributed by atoms with E-state index in [1.165, 1.54) is 5.56 Å². The van der Waals surface area contributed by atoms with E-state index in [0.717, 1.165) is 22.0 Å². The van der Waals surface area contributed by atoms with Crippen molar-refractivity contribution in [2.75, 3.05) is 7.05 Å². The largest absolute Gasteiger partial charge is 0.316 e. The van der Waals surface area contributed by atoms with E-state index in [1.54, 1.807) is 0 Å². The van der Waals surface area contributed by atoms with Gasteiger partial charge in [-0.3, -0.25) is 0 Å². The average Bonchev–Trinajstić information content (AvgIpc) is 2.47. The summed E-state index contributed by atoms with van der Waals surface area (Å²) in [5.74, 6) is 0.383. The Labute approximate surface area is 130 Å². The lowest BCUT2D eigenvalue weighted by Crippen LogP contribution is -2.33. The number of nitrogens with one attached hydrogen (secondary N) is 1. The molecular formula is C17H19Cl2N. The predicted molar refractivity (Wildman–Crippen MR) is 87.9 cm³/mol. The van der Waals surface area contributed by atoms with Crippen molar-refractivity contribution in [3.63, 3.8) is 0 Å². The van der Waals surface area contributed by atoms with Gasteiger partial charge < -0.3 is 5.32 Å². The number of likely N-dealkylation sites (N-methyl/N-ethyl adjacent to an activating group) is 1. The summed E-state index contributed by atoms with van der Waals surface area (Å²) >= 11 is 12.5. The molecule has 0 aliphatic heterocycles. The molecule has 0 heterocycles. The fourth-order valence-electron chi connectivity index (χ4n) is 2.47. The molecule has 0 saturated heterocycles. The van der Waals surface area contributed by atoms with E-state index >= 15 is 0 Å². The number of benzene rings is 2. The first-order valence-electron chi connectivity index (χ1n) is 6.78. The SMILES string of the molecule is CNC(Cc1c(Cl)cccc1Cl)C(C)c1ccccc1. The van der Waals surface area contributed by atoms with Gasteiger partial charge in [0.2, 0.25) is 0 Å². The first kappa shape index (κ1) is 15.4. The van der Waals surface area contributed by atoms with Gasteiger partial charge in [-0.25, -0.2) is 0 Å². The fraction of sp³-hybridized carbons (Fsp3) is 0.294. The molecule has 0 amide bonds. The lowest BCUT2D eigenvalue weighted by Gasteiger charge is -2.25. The Hall–Kier alpha value is -1.02. The van der Waals surface area contributed by atoms with Crippen LogP contribution in [0.15, 0.2) is 48.5 Å². The summed E-state index contributed by atoms with van der Waals surface area (Å²) in [7, 11) is 1.98. The topological polar surface area (TPSA) is 12.0 Å². The summed E-state index contributed by atoms with van der Waals surface area (Å²) < 4.78 is 0. The van der Waals surface area contributed by atoms with E-state index in [-0.39, 0.29) is 6.04 Å². The first-order valence-corrected chi connectivity index (χ1v) is 7.54. The minimum Gasteiger partial charge on any atom is -0.316 e. The van der Waals surface area contributed by atoms with Crippen LogP contribution in [0, 0.1) is 0 Å². The fourth-order valence-corrected chi connectivity index (χ4v) is 3.02. The Morgan fingerprint density at radius 3 is 2.10 bits per heavy atom. The van der Waals surface area contributed by atoms with Crippen LogP contribution in [0.1, 0.15) is 24.0 Å². The molecule has 0 aliphatic carbocycles. The number of hydrogen-bond donors (Lipinski definition) is 1. The summed E-state index contributed by atoms with van der Waals surface area (Å²) in [6.07, 6.45) is 0.811. The van der Waals surface area contributed by atoms with Crippen molar-refractivity contribution in [3.8, 4) is 0 Å². The molecule has 0 radical (unpaired) electrons. The summed E-state index contributed by atoms with van der Waals surface area (Å²) in [4.78, 5) is 0. The Morgan fingerprint density at radius 1 is 0.950 bits per heavy atom. The van der Waals surface area contributed by atoms with Gasteiger partial charge in [0, 0.05) is 16.1 Å². The van der Waals surface area contributed by atoms with Gasteiger partial charge in [0.25, 0.3) is 0 Å². The van der Waals surface area contributed by atoms with Gasteiger partial charge >= 0.3 is 0 Å². The molecule has 2 aromatic carbocycles. The predicted octanol–water partition coefficient (Wildman–Crippen LogP) is 4.93. The Balaban J connectivity index is 2.21. The number of halogens is 2. The first-order chi connectivity index (χ1) is 9.63. The summed E-state index contributed by atoms with van der Waals surface area (Å²) in [5, 5.41) is 4.85. The van der Waals surface area contributed by atoms with Gasteiger partial charge in [-0.2, -0.15) is 0 Å². The van der Waals surface area contributed by atoms with Gasteiger partial charge in [-0.15, -0.1) is 0 Å². The standard InChI is InChI=1S/C17H19Cl2N/c1-12(13-7-4-3-5-8-13)17(20-2)11-14-15(18)9-6-10-16(14)19/h3-10,12,17,20H,11H2,1-2H3. The lowest BCUT2D eigenvalue weighted by atomic mass is 9.89. The van der Waals surface area contributed by atoms with E-state index in [4.69, 9.17) is 23.2 Å². The number of hydrogen-bond acceptors (Lipinski definition) is 1. The highest BCUT2D eigenvalue weighted by molar-refractivity contribution is 6.36. The highest BCUT2D eigenvalue weighted by atomic mass is 35.5. The second-order valence-corrected chi connectivity index (χ2v) is 5.81. The molecule has 0 aromatic heterocycles. The summed E-state index contributed by atoms with van der Waals surface area (Å²) in [6.45, 7) is 2.22. The van der Waals surface area contributed by atoms with Crippen LogP contribution >= 0.6 is 23.2 Å². The zero-order valence-electron chi connectivity index (χ0n) is 11.7. The molecule has 0 aliphatic rings. The molecule has 0 spiro atoms. The maximum Gasteiger partial charge on any atom is 0.0453 e. The van der Waals surface area contributed by atoms with Crippen molar-refractivity contribution in [1.29, 1.82) is 0 Å². The highest BCUT2D eigenvalue weighted by Gasteiger charge is 2.20. The van der Waals surface area contributed by atoms with E-state index < -0.39 is 0 Å². The molecule has 1 N–H and O–H groups in total. The van der Waals surface area contributed by atoms with E-state index in [9.17, 15) is 0 Å². The third-order valence-electron chi connectivity index (χ3n) is 3.79. The van der Waals surface area contributed by atoms with Crippen molar-refractivity contribution >= 4 is 23.2 Å². The molecule has 0 bridgehead atoms. The van der Waals surface area contributed by atoms with Crippen LogP contribution in [0.2, 0.25) is 10.0 Å². The zero-order valence-corrected chi connectivity index (χ0v) is 13.2. The minimum absolute atomic E-state index is 0.287. The van der Waals surface area contributed by atoms with E-state index in [2.05, 4.69) is 36.5 Å². The molecule has 106 valence electrons. The molecule has 2 atom stereocenters. The van der Waals surface area contributed by atoms with Crippen LogP contribution < -0.4 is 5.32 Å². The average molecular weight is 308 g/mol. The summed E-state index contributed by atoms with van der Waals surface area (Å²) in [5.41, 5.74) is 2.33. The molecule has 20 heavy (non-hydrogen) atoms. The second-order valence-electron chi connectivity index (χ2n) is 5.00. The molecule has 3 heteroatoms. The van der Waals surface area contributed by atoms with Crippen molar-refractivity contribution in [2.45, 2.75) is 25.3 Å². The summed E-state index contributed by atoms with van der Waals surface area (Å²) in [6, 6.07) is 16.4. The maximum atomic E-state index is 6.27. The maximum absolute atomic E-state index is 6.27.